The van der Waals surface area contributed by atoms with Crippen LogP contribution in [0.4, 0.5) is 0 Å². The molecule has 1 aromatic carbocycles. The summed E-state index contributed by atoms with van der Waals surface area (Å²) in [6.45, 7) is 8.66. The molecule has 0 aliphatic heterocycles. The third-order valence-electron chi connectivity index (χ3n) is 3.46. The molecule has 2 unspecified atom stereocenters. The second-order valence-corrected chi connectivity index (χ2v) is 5.04. The van der Waals surface area contributed by atoms with Gasteiger partial charge in [0, 0.05) is 13.7 Å². The van der Waals surface area contributed by atoms with Gasteiger partial charge in [-0.15, -0.1) is 0 Å². The van der Waals surface area contributed by atoms with Crippen molar-refractivity contribution in [1.82, 2.24) is 5.32 Å². The average Bonchev–Trinajstić information content (AvgIpc) is 2.38. The first kappa shape index (κ1) is 15.2. The summed E-state index contributed by atoms with van der Waals surface area (Å²) < 4.78 is 5.42. The topological polar surface area (TPSA) is 21.3 Å². The first-order chi connectivity index (χ1) is 8.69. The van der Waals surface area contributed by atoms with E-state index in [9.17, 15) is 0 Å². The Hall–Kier alpha value is -0.860. The lowest BCUT2D eigenvalue weighted by Gasteiger charge is -2.23. The quantitative estimate of drug-likeness (QED) is 0.712. The Morgan fingerprint density at radius 2 is 2.00 bits per heavy atom. The van der Waals surface area contributed by atoms with E-state index < -0.39 is 0 Å². The SMILES string of the molecule is CCCNCC(CC(C)OC)c1ccccc1C. The largest absolute Gasteiger partial charge is 0.382 e. The van der Waals surface area contributed by atoms with Crippen molar-refractivity contribution in [2.45, 2.75) is 45.6 Å². The Bertz CT molecular complexity index is 338. The average molecular weight is 249 g/mol. The number of methoxy groups -OCH3 is 1. The third-order valence-corrected chi connectivity index (χ3v) is 3.46. The van der Waals surface area contributed by atoms with Crippen LogP contribution in [0, 0.1) is 6.92 Å². The maximum Gasteiger partial charge on any atom is 0.0549 e. The minimum atomic E-state index is 0.304. The summed E-state index contributed by atoms with van der Waals surface area (Å²) in [6.07, 6.45) is 2.55. The van der Waals surface area contributed by atoms with Crippen molar-refractivity contribution >= 4 is 0 Å². The monoisotopic (exact) mass is 249 g/mol. The third kappa shape index (κ3) is 4.79. The van der Waals surface area contributed by atoms with Crippen LogP contribution in [0.15, 0.2) is 24.3 Å². The molecule has 2 heteroatoms. The summed E-state index contributed by atoms with van der Waals surface area (Å²) in [5.41, 5.74) is 2.83. The molecule has 0 heterocycles. The van der Waals surface area contributed by atoms with Crippen molar-refractivity contribution in [3.63, 3.8) is 0 Å². The molecule has 0 aliphatic carbocycles. The van der Waals surface area contributed by atoms with Gasteiger partial charge in [0.2, 0.25) is 0 Å². The van der Waals surface area contributed by atoms with Crippen molar-refractivity contribution in [2.75, 3.05) is 20.2 Å². The lowest BCUT2D eigenvalue weighted by Crippen LogP contribution is -2.25. The van der Waals surface area contributed by atoms with Gasteiger partial charge in [0.25, 0.3) is 0 Å². The van der Waals surface area contributed by atoms with Crippen LogP contribution in [-0.4, -0.2) is 26.3 Å². The van der Waals surface area contributed by atoms with Gasteiger partial charge >= 0.3 is 0 Å². The lowest BCUT2D eigenvalue weighted by molar-refractivity contribution is 0.104. The Kier molecular flexibility index (Phi) is 6.99. The maximum atomic E-state index is 5.42. The first-order valence-electron chi connectivity index (χ1n) is 6.98. The summed E-state index contributed by atoms with van der Waals surface area (Å²) in [4.78, 5) is 0. The van der Waals surface area contributed by atoms with Gasteiger partial charge in [-0.1, -0.05) is 31.2 Å². The normalized spacial score (nSPS) is 14.4. The molecule has 1 N–H and O–H groups in total. The minimum absolute atomic E-state index is 0.304. The standard InChI is InChI=1S/C16H27NO/c1-5-10-17-12-15(11-14(3)18-4)16-9-7-6-8-13(16)2/h6-9,14-15,17H,5,10-12H2,1-4H3. The van der Waals surface area contributed by atoms with Gasteiger partial charge in [0.05, 0.1) is 6.10 Å². The number of rotatable bonds is 8. The molecule has 1 rings (SSSR count). The fraction of sp³-hybridized carbons (Fsp3) is 0.625. The van der Waals surface area contributed by atoms with Crippen molar-refractivity contribution in [3.8, 4) is 0 Å². The fourth-order valence-electron chi connectivity index (χ4n) is 2.32. The Morgan fingerprint density at radius 1 is 1.28 bits per heavy atom. The van der Waals surface area contributed by atoms with Crippen LogP contribution in [0.5, 0.6) is 0 Å². The summed E-state index contributed by atoms with van der Waals surface area (Å²) in [5, 5.41) is 3.53. The highest BCUT2D eigenvalue weighted by Gasteiger charge is 2.16. The van der Waals surface area contributed by atoms with Crippen LogP contribution in [-0.2, 0) is 4.74 Å². The molecule has 0 saturated heterocycles. The van der Waals surface area contributed by atoms with E-state index in [1.165, 1.54) is 17.5 Å². The lowest BCUT2D eigenvalue weighted by atomic mass is 9.90. The highest BCUT2D eigenvalue weighted by Crippen LogP contribution is 2.24. The van der Waals surface area contributed by atoms with Crippen LogP contribution < -0.4 is 5.32 Å². The highest BCUT2D eigenvalue weighted by molar-refractivity contribution is 5.29. The smallest absolute Gasteiger partial charge is 0.0549 e. The molecule has 102 valence electrons. The van der Waals surface area contributed by atoms with Gasteiger partial charge in [0.1, 0.15) is 0 Å². The Labute approximate surface area is 112 Å². The van der Waals surface area contributed by atoms with Crippen LogP contribution in [0.1, 0.15) is 43.7 Å². The predicted molar refractivity (Wildman–Crippen MR) is 78.2 cm³/mol. The van der Waals surface area contributed by atoms with Gasteiger partial charge < -0.3 is 10.1 Å². The summed E-state index contributed by atoms with van der Waals surface area (Å²) >= 11 is 0. The van der Waals surface area contributed by atoms with Crippen molar-refractivity contribution in [1.29, 1.82) is 0 Å². The zero-order valence-electron chi connectivity index (χ0n) is 12.2. The molecule has 0 fully saturated rings. The second kappa shape index (κ2) is 8.28. The van der Waals surface area contributed by atoms with Gasteiger partial charge in [-0.3, -0.25) is 0 Å². The number of ether oxygens (including phenoxy) is 1. The van der Waals surface area contributed by atoms with Crippen LogP contribution in [0.2, 0.25) is 0 Å². The second-order valence-electron chi connectivity index (χ2n) is 5.04. The van der Waals surface area contributed by atoms with Crippen LogP contribution >= 0.6 is 0 Å². The molecule has 2 nitrogen and oxygen atoms in total. The first-order valence-corrected chi connectivity index (χ1v) is 6.98. The van der Waals surface area contributed by atoms with E-state index in [2.05, 4.69) is 50.4 Å². The van der Waals surface area contributed by atoms with Gasteiger partial charge in [0.15, 0.2) is 0 Å². The molecule has 1 aromatic rings. The minimum Gasteiger partial charge on any atom is -0.382 e. The zero-order valence-corrected chi connectivity index (χ0v) is 12.2. The van der Waals surface area contributed by atoms with Crippen molar-refractivity contribution < 1.29 is 4.74 Å². The van der Waals surface area contributed by atoms with Gasteiger partial charge in [-0.25, -0.2) is 0 Å². The van der Waals surface area contributed by atoms with E-state index in [-0.39, 0.29) is 0 Å². The predicted octanol–water partition coefficient (Wildman–Crippen LogP) is 3.50. The Balaban J connectivity index is 2.73. The molecular weight excluding hydrogens is 222 g/mol. The molecule has 0 aliphatic rings. The van der Waals surface area contributed by atoms with E-state index in [4.69, 9.17) is 4.74 Å². The number of nitrogens with one attached hydrogen (secondary N) is 1. The zero-order chi connectivity index (χ0) is 13.4. The summed E-state index contributed by atoms with van der Waals surface area (Å²) in [5.74, 6) is 0.535. The van der Waals surface area contributed by atoms with Crippen LogP contribution in [0.3, 0.4) is 0 Å². The number of benzene rings is 1. The maximum absolute atomic E-state index is 5.42. The van der Waals surface area contributed by atoms with Crippen molar-refractivity contribution in [2.24, 2.45) is 0 Å². The summed E-state index contributed by atoms with van der Waals surface area (Å²) in [6, 6.07) is 8.68. The number of hydrogen-bond acceptors (Lipinski definition) is 2. The molecule has 0 saturated carbocycles. The molecule has 0 radical (unpaired) electrons. The molecule has 0 bridgehead atoms. The molecule has 0 aromatic heterocycles. The summed E-state index contributed by atoms with van der Waals surface area (Å²) in [7, 11) is 1.79. The van der Waals surface area contributed by atoms with Crippen LogP contribution in [0.25, 0.3) is 0 Å². The molecule has 0 amide bonds. The van der Waals surface area contributed by atoms with E-state index in [0.717, 1.165) is 19.5 Å². The molecular formula is C16H27NO. The highest BCUT2D eigenvalue weighted by atomic mass is 16.5. The molecule has 18 heavy (non-hydrogen) atoms. The van der Waals surface area contributed by atoms with Gasteiger partial charge in [-0.05, 0) is 50.3 Å². The number of hydrogen-bond donors (Lipinski definition) is 1. The Morgan fingerprint density at radius 3 is 2.61 bits per heavy atom. The van der Waals surface area contributed by atoms with E-state index >= 15 is 0 Å². The van der Waals surface area contributed by atoms with E-state index in [1.807, 2.05) is 0 Å². The van der Waals surface area contributed by atoms with E-state index in [1.54, 1.807) is 7.11 Å². The molecule has 0 spiro atoms. The van der Waals surface area contributed by atoms with Crippen molar-refractivity contribution in [3.05, 3.63) is 35.4 Å². The number of aryl methyl sites for hydroxylation is 1. The van der Waals surface area contributed by atoms with E-state index in [0.29, 0.717) is 12.0 Å². The molecule has 2 atom stereocenters. The van der Waals surface area contributed by atoms with Gasteiger partial charge in [-0.2, -0.15) is 0 Å². The fourth-order valence-corrected chi connectivity index (χ4v) is 2.32.